The molecule has 58 heavy (non-hydrogen) atoms. The molecule has 14 heteroatoms. The van der Waals surface area contributed by atoms with E-state index in [1.165, 1.54) is 30.4 Å². The molecule has 0 spiro atoms. The van der Waals surface area contributed by atoms with E-state index in [9.17, 15) is 39.0 Å². The van der Waals surface area contributed by atoms with Gasteiger partial charge in [-0.05, 0) is 65.5 Å². The molecule has 0 aliphatic rings. The maximum absolute atomic E-state index is 14.3. The Morgan fingerprint density at radius 1 is 0.569 bits per heavy atom. The Balaban J connectivity index is 1.89. The van der Waals surface area contributed by atoms with Crippen LogP contribution in [0.15, 0.2) is 84.9 Å². The van der Waals surface area contributed by atoms with Crippen molar-refractivity contribution in [3.8, 4) is 11.5 Å². The third kappa shape index (κ3) is 15.4. The van der Waals surface area contributed by atoms with Crippen LogP contribution in [0.4, 0.5) is 0 Å². The van der Waals surface area contributed by atoms with E-state index in [4.69, 9.17) is 5.73 Å². The van der Waals surface area contributed by atoms with E-state index in [2.05, 4.69) is 26.6 Å². The van der Waals surface area contributed by atoms with Crippen LogP contribution in [-0.2, 0) is 41.6 Å². The average molecular weight is 799 g/mol. The fourth-order valence-corrected chi connectivity index (χ4v) is 6.17. The van der Waals surface area contributed by atoms with E-state index in [-0.39, 0.29) is 42.6 Å². The second-order valence-electron chi connectivity index (χ2n) is 15.6. The van der Waals surface area contributed by atoms with Gasteiger partial charge in [0.1, 0.15) is 30.2 Å². The van der Waals surface area contributed by atoms with E-state index >= 15 is 0 Å². The average Bonchev–Trinajstić information content (AvgIpc) is 3.16. The summed E-state index contributed by atoms with van der Waals surface area (Å²) in [6.07, 6.45) is 3.24. The number of hydrogen-bond donors (Lipinski definition) is 8. The number of aromatic hydroxyl groups is 2. The Kier molecular flexibility index (Phi) is 17.9. The molecule has 0 unspecified atom stereocenters. The van der Waals surface area contributed by atoms with Crippen LogP contribution >= 0.6 is 0 Å². The molecule has 0 fully saturated rings. The summed E-state index contributed by atoms with van der Waals surface area (Å²) in [5.74, 6) is -4.91. The second kappa shape index (κ2) is 22.5. The molecule has 0 heterocycles. The first kappa shape index (κ1) is 46.2. The van der Waals surface area contributed by atoms with Crippen molar-refractivity contribution in [2.75, 3.05) is 0 Å². The maximum atomic E-state index is 14.3. The summed E-state index contributed by atoms with van der Waals surface area (Å²) in [5.41, 5.74) is 7.45. The molecule has 0 saturated carbocycles. The lowest BCUT2D eigenvalue weighted by atomic mass is 9.98. The fourth-order valence-electron chi connectivity index (χ4n) is 6.17. The van der Waals surface area contributed by atoms with Crippen LogP contribution in [0.25, 0.3) is 6.08 Å². The highest BCUT2D eigenvalue weighted by atomic mass is 16.3. The Hall–Kier alpha value is -6.18. The minimum Gasteiger partial charge on any atom is -0.504 e. The van der Waals surface area contributed by atoms with Crippen LogP contribution in [0.5, 0.6) is 11.5 Å². The lowest BCUT2D eigenvalue weighted by Gasteiger charge is -2.28. The molecule has 0 aromatic heterocycles. The Labute approximate surface area is 340 Å². The fraction of sp³-hybridized carbons (Fsp3) is 0.409. The van der Waals surface area contributed by atoms with E-state index < -0.39 is 71.6 Å². The number of nitrogens with two attached hydrogens (primary N) is 1. The molecule has 9 N–H and O–H groups in total. The molecule has 0 bridgehead atoms. The summed E-state index contributed by atoms with van der Waals surface area (Å²) >= 11 is 0. The van der Waals surface area contributed by atoms with Gasteiger partial charge in [-0.1, -0.05) is 108 Å². The Morgan fingerprint density at radius 3 is 1.50 bits per heavy atom. The second-order valence-corrected chi connectivity index (χ2v) is 15.6. The van der Waals surface area contributed by atoms with Gasteiger partial charge >= 0.3 is 0 Å². The zero-order valence-electron chi connectivity index (χ0n) is 34.0. The SMILES string of the molecule is CC(C)C[C@@H](NC(=O)[C@H](NC(=O)[C@@H](Cc1ccccc1)NC(=O)[C@@H](Cc1ccccc1)NC(=O)[C@@H](CC(C)C)NC(=O)/C=C/c1ccc(O)c(O)c1)C(C)C)C(N)=O. The first-order valence-corrected chi connectivity index (χ1v) is 19.5. The van der Waals surface area contributed by atoms with Gasteiger partial charge in [-0.3, -0.25) is 28.8 Å². The highest BCUT2D eigenvalue weighted by Crippen LogP contribution is 2.25. The van der Waals surface area contributed by atoms with E-state index in [1.54, 1.807) is 62.4 Å². The van der Waals surface area contributed by atoms with Gasteiger partial charge in [0.05, 0.1) is 0 Å². The number of phenols is 2. The van der Waals surface area contributed by atoms with Crippen LogP contribution < -0.4 is 32.3 Å². The van der Waals surface area contributed by atoms with Crippen LogP contribution in [0.1, 0.15) is 71.1 Å². The quantitative estimate of drug-likeness (QED) is 0.0588. The normalized spacial score (nSPS) is 13.9. The summed E-state index contributed by atoms with van der Waals surface area (Å²) < 4.78 is 0. The zero-order chi connectivity index (χ0) is 42.9. The standard InChI is InChI=1S/C44H58N6O8/c1-26(2)21-32(40(45)54)47-44(58)39(28(5)6)50-43(57)35(24-30-15-11-8-12-16-30)49-42(56)34(23-29-13-9-7-10-14-29)48-41(55)33(22-27(3)4)46-38(53)20-18-31-17-19-36(51)37(52)25-31/h7-20,25-28,32-35,39,51-52H,21-24H2,1-6H3,(H2,45,54)(H,46,53)(H,47,58)(H,48,55)(H,49,56)(H,50,57)/b20-18+/t32-,33-,34-,35-,39-/m1/s1. The third-order valence-corrected chi connectivity index (χ3v) is 9.21. The summed E-state index contributed by atoms with van der Waals surface area (Å²) in [7, 11) is 0. The highest BCUT2D eigenvalue weighted by Gasteiger charge is 2.34. The van der Waals surface area contributed by atoms with Crippen LogP contribution in [0, 0.1) is 17.8 Å². The molecule has 6 amide bonds. The minimum atomic E-state index is -1.20. The Morgan fingerprint density at radius 2 is 1.03 bits per heavy atom. The summed E-state index contributed by atoms with van der Waals surface area (Å²) in [4.78, 5) is 81.0. The lowest BCUT2D eigenvalue weighted by molar-refractivity contribution is -0.135. The summed E-state index contributed by atoms with van der Waals surface area (Å²) in [6.45, 7) is 11.0. The molecular formula is C44H58N6O8. The van der Waals surface area contributed by atoms with Gasteiger partial charge in [0.2, 0.25) is 35.4 Å². The molecule has 14 nitrogen and oxygen atoms in total. The minimum absolute atomic E-state index is 0.0378. The predicted molar refractivity (Wildman–Crippen MR) is 222 cm³/mol. The van der Waals surface area contributed by atoms with Gasteiger partial charge in [-0.25, -0.2) is 0 Å². The third-order valence-electron chi connectivity index (χ3n) is 9.21. The van der Waals surface area contributed by atoms with Crippen LogP contribution in [-0.4, -0.2) is 75.9 Å². The summed E-state index contributed by atoms with van der Waals surface area (Å²) in [6, 6.07) is 16.6. The topological polar surface area (TPSA) is 229 Å². The van der Waals surface area contributed by atoms with Crippen molar-refractivity contribution >= 4 is 41.5 Å². The molecule has 0 aliphatic carbocycles. The van der Waals surface area contributed by atoms with Crippen molar-refractivity contribution < 1.29 is 39.0 Å². The smallest absolute Gasteiger partial charge is 0.244 e. The van der Waals surface area contributed by atoms with Crippen molar-refractivity contribution in [3.63, 3.8) is 0 Å². The van der Waals surface area contributed by atoms with Crippen molar-refractivity contribution in [3.05, 3.63) is 102 Å². The number of amides is 6. The van der Waals surface area contributed by atoms with Crippen LogP contribution in [0.3, 0.4) is 0 Å². The molecule has 0 aliphatic heterocycles. The number of carbonyl (C=O) groups is 6. The number of nitrogens with one attached hydrogen (secondary N) is 5. The van der Waals surface area contributed by atoms with E-state index in [1.807, 2.05) is 39.8 Å². The van der Waals surface area contributed by atoms with Crippen molar-refractivity contribution in [2.45, 2.75) is 97.4 Å². The van der Waals surface area contributed by atoms with E-state index in [0.717, 1.165) is 11.1 Å². The molecule has 3 aromatic rings. The van der Waals surface area contributed by atoms with E-state index in [0.29, 0.717) is 12.0 Å². The van der Waals surface area contributed by atoms with Gasteiger partial charge in [0.25, 0.3) is 0 Å². The van der Waals surface area contributed by atoms with Gasteiger partial charge < -0.3 is 42.5 Å². The number of primary amides is 1. The molecule has 5 atom stereocenters. The molecule has 0 radical (unpaired) electrons. The molecule has 0 saturated heterocycles. The largest absolute Gasteiger partial charge is 0.504 e. The zero-order valence-corrected chi connectivity index (χ0v) is 34.0. The monoisotopic (exact) mass is 798 g/mol. The molecular weight excluding hydrogens is 741 g/mol. The van der Waals surface area contributed by atoms with Gasteiger partial charge in [0, 0.05) is 18.9 Å². The Bertz CT molecular complexity index is 1880. The number of hydrogen-bond acceptors (Lipinski definition) is 8. The van der Waals surface area contributed by atoms with Crippen molar-refractivity contribution in [1.82, 2.24) is 26.6 Å². The van der Waals surface area contributed by atoms with Crippen molar-refractivity contribution in [1.29, 1.82) is 0 Å². The predicted octanol–water partition coefficient (Wildman–Crippen LogP) is 3.25. The molecule has 3 aromatic carbocycles. The highest BCUT2D eigenvalue weighted by molar-refractivity contribution is 5.98. The van der Waals surface area contributed by atoms with Gasteiger partial charge in [-0.15, -0.1) is 0 Å². The number of benzene rings is 3. The maximum Gasteiger partial charge on any atom is 0.244 e. The first-order chi connectivity index (χ1) is 27.4. The van der Waals surface area contributed by atoms with Gasteiger partial charge in [-0.2, -0.15) is 0 Å². The molecule has 312 valence electrons. The molecule has 3 rings (SSSR count). The van der Waals surface area contributed by atoms with Crippen LogP contribution in [0.2, 0.25) is 0 Å². The van der Waals surface area contributed by atoms with Crippen molar-refractivity contribution in [2.24, 2.45) is 23.5 Å². The number of carbonyl (C=O) groups excluding carboxylic acids is 6. The van der Waals surface area contributed by atoms with Gasteiger partial charge in [0.15, 0.2) is 11.5 Å². The first-order valence-electron chi connectivity index (χ1n) is 19.5. The lowest BCUT2D eigenvalue weighted by Crippen LogP contribution is -2.60. The number of rotatable bonds is 21. The number of phenolic OH excluding ortho intramolecular Hbond substituents is 2. The summed E-state index contributed by atoms with van der Waals surface area (Å²) in [5, 5.41) is 33.2.